The Morgan fingerprint density at radius 1 is 1.25 bits per heavy atom. The zero-order chi connectivity index (χ0) is 11.0. The van der Waals surface area contributed by atoms with E-state index in [1.165, 1.54) is 36.9 Å². The summed E-state index contributed by atoms with van der Waals surface area (Å²) in [6, 6.07) is 6.39. The zero-order valence-electron chi connectivity index (χ0n) is 9.88. The molecule has 1 spiro atoms. The van der Waals surface area contributed by atoms with Gasteiger partial charge in [0.15, 0.2) is 0 Å². The van der Waals surface area contributed by atoms with Crippen LogP contribution in [-0.2, 0) is 0 Å². The van der Waals surface area contributed by atoms with Crippen LogP contribution in [0.5, 0.6) is 5.75 Å². The van der Waals surface area contributed by atoms with E-state index in [9.17, 15) is 0 Å². The quantitative estimate of drug-likeness (QED) is 0.719. The number of hydrogen-bond donors (Lipinski definition) is 1. The normalized spacial score (nSPS) is 22.1. The van der Waals surface area contributed by atoms with Crippen molar-refractivity contribution in [2.75, 3.05) is 18.5 Å². The van der Waals surface area contributed by atoms with E-state index in [1.807, 2.05) is 0 Å². The monoisotopic (exact) mass is 217 g/mol. The molecule has 1 N–H and O–H groups in total. The maximum absolute atomic E-state index is 5.98. The summed E-state index contributed by atoms with van der Waals surface area (Å²) in [5, 5.41) is 3.57. The Balaban J connectivity index is 1.86. The predicted octanol–water partition coefficient (Wildman–Crippen LogP) is 3.36. The van der Waals surface area contributed by atoms with Gasteiger partial charge in [0.1, 0.15) is 5.75 Å². The molecule has 16 heavy (non-hydrogen) atoms. The molecule has 0 atom stereocenters. The van der Waals surface area contributed by atoms with Crippen LogP contribution in [0.25, 0.3) is 0 Å². The largest absolute Gasteiger partial charge is 0.491 e. The number of ether oxygens (including phenoxy) is 1. The van der Waals surface area contributed by atoms with Crippen LogP contribution in [0.2, 0.25) is 0 Å². The molecule has 1 aromatic carbocycles. The van der Waals surface area contributed by atoms with Gasteiger partial charge in [0.25, 0.3) is 0 Å². The van der Waals surface area contributed by atoms with E-state index in [-0.39, 0.29) is 0 Å². The minimum absolute atomic E-state index is 0.396. The van der Waals surface area contributed by atoms with Crippen LogP contribution in [0.4, 0.5) is 5.69 Å². The second-order valence-corrected chi connectivity index (χ2v) is 5.35. The van der Waals surface area contributed by atoms with E-state index in [4.69, 9.17) is 4.74 Å². The van der Waals surface area contributed by atoms with Crippen LogP contribution in [0.1, 0.15) is 31.2 Å². The van der Waals surface area contributed by atoms with Crippen LogP contribution in [0, 0.1) is 12.3 Å². The third-order valence-corrected chi connectivity index (χ3v) is 3.99. The minimum Gasteiger partial charge on any atom is -0.491 e. The zero-order valence-corrected chi connectivity index (χ0v) is 9.88. The Labute approximate surface area is 97.0 Å². The number of hydrogen-bond acceptors (Lipinski definition) is 2. The Morgan fingerprint density at radius 2 is 2.06 bits per heavy atom. The molecule has 86 valence electrons. The molecule has 1 aromatic rings. The summed E-state index contributed by atoms with van der Waals surface area (Å²) < 4.78 is 5.98. The van der Waals surface area contributed by atoms with Crippen LogP contribution in [-0.4, -0.2) is 13.2 Å². The molecule has 0 unspecified atom stereocenters. The van der Waals surface area contributed by atoms with Gasteiger partial charge in [0, 0.05) is 12.0 Å². The van der Waals surface area contributed by atoms with Gasteiger partial charge in [-0.05, 0) is 37.5 Å². The van der Waals surface area contributed by atoms with Crippen molar-refractivity contribution >= 4 is 5.69 Å². The highest BCUT2D eigenvalue weighted by Crippen LogP contribution is 2.42. The summed E-state index contributed by atoms with van der Waals surface area (Å²) in [5.41, 5.74) is 2.86. The molecular formula is C14H19NO. The first-order valence-electron chi connectivity index (χ1n) is 6.25. The molecule has 1 aliphatic carbocycles. The van der Waals surface area contributed by atoms with Crippen molar-refractivity contribution in [2.45, 2.75) is 32.6 Å². The molecule has 0 aromatic heterocycles. The summed E-state index contributed by atoms with van der Waals surface area (Å²) in [7, 11) is 0. The Morgan fingerprint density at radius 3 is 2.88 bits per heavy atom. The van der Waals surface area contributed by atoms with Gasteiger partial charge in [-0.2, -0.15) is 0 Å². The second-order valence-electron chi connectivity index (χ2n) is 5.35. The average Bonchev–Trinajstić information content (AvgIpc) is 2.66. The Kier molecular flexibility index (Phi) is 2.31. The summed E-state index contributed by atoms with van der Waals surface area (Å²) in [6.45, 7) is 4.08. The van der Waals surface area contributed by atoms with Crippen LogP contribution >= 0.6 is 0 Å². The van der Waals surface area contributed by atoms with E-state index in [0.29, 0.717) is 5.41 Å². The van der Waals surface area contributed by atoms with Gasteiger partial charge >= 0.3 is 0 Å². The number of nitrogens with one attached hydrogen (secondary N) is 1. The molecule has 1 fully saturated rings. The number of aryl methyl sites for hydroxylation is 1. The van der Waals surface area contributed by atoms with Crippen LogP contribution in [0.3, 0.4) is 0 Å². The standard InChI is InChI=1S/C14H19NO/c1-11-4-5-13-12(8-11)15-9-14(10-16-13)6-2-3-7-14/h4-5,8,15H,2-3,6-7,9-10H2,1H3. The predicted molar refractivity (Wildman–Crippen MR) is 66.1 cm³/mol. The maximum Gasteiger partial charge on any atom is 0.142 e. The third-order valence-electron chi connectivity index (χ3n) is 3.99. The number of rotatable bonds is 0. The van der Waals surface area contributed by atoms with Gasteiger partial charge in [-0.1, -0.05) is 18.9 Å². The second kappa shape index (κ2) is 3.69. The summed E-state index contributed by atoms with van der Waals surface area (Å²) in [4.78, 5) is 0. The van der Waals surface area contributed by atoms with Crippen molar-refractivity contribution in [1.82, 2.24) is 0 Å². The summed E-state index contributed by atoms with van der Waals surface area (Å²) in [6.07, 6.45) is 5.35. The van der Waals surface area contributed by atoms with E-state index in [2.05, 4.69) is 30.4 Å². The lowest BCUT2D eigenvalue weighted by Gasteiger charge is -2.25. The Bertz CT molecular complexity index is 394. The molecule has 1 heterocycles. The number of benzene rings is 1. The lowest BCUT2D eigenvalue weighted by atomic mass is 9.87. The highest BCUT2D eigenvalue weighted by atomic mass is 16.5. The fraction of sp³-hybridized carbons (Fsp3) is 0.571. The molecule has 0 amide bonds. The lowest BCUT2D eigenvalue weighted by Crippen LogP contribution is -2.30. The van der Waals surface area contributed by atoms with Gasteiger partial charge < -0.3 is 10.1 Å². The molecule has 2 heteroatoms. The van der Waals surface area contributed by atoms with Crippen molar-refractivity contribution in [1.29, 1.82) is 0 Å². The van der Waals surface area contributed by atoms with Gasteiger partial charge in [0.05, 0.1) is 12.3 Å². The molecule has 2 nitrogen and oxygen atoms in total. The molecular weight excluding hydrogens is 198 g/mol. The minimum atomic E-state index is 0.396. The van der Waals surface area contributed by atoms with Crippen LogP contribution in [0.15, 0.2) is 18.2 Å². The molecule has 1 aliphatic heterocycles. The number of fused-ring (bicyclic) bond motifs is 1. The van der Waals surface area contributed by atoms with Crippen molar-refractivity contribution in [3.05, 3.63) is 23.8 Å². The molecule has 0 saturated heterocycles. The van der Waals surface area contributed by atoms with Gasteiger partial charge in [-0.15, -0.1) is 0 Å². The highest BCUT2D eigenvalue weighted by Gasteiger charge is 2.36. The lowest BCUT2D eigenvalue weighted by molar-refractivity contribution is 0.169. The maximum atomic E-state index is 5.98. The van der Waals surface area contributed by atoms with E-state index < -0.39 is 0 Å². The number of anilines is 1. The summed E-state index contributed by atoms with van der Waals surface area (Å²) >= 11 is 0. The molecule has 3 rings (SSSR count). The highest BCUT2D eigenvalue weighted by molar-refractivity contribution is 5.58. The smallest absolute Gasteiger partial charge is 0.142 e. The first-order chi connectivity index (χ1) is 7.77. The average molecular weight is 217 g/mol. The van der Waals surface area contributed by atoms with E-state index >= 15 is 0 Å². The molecule has 2 aliphatic rings. The Hall–Kier alpha value is -1.18. The first kappa shape index (κ1) is 10.0. The van der Waals surface area contributed by atoms with Crippen molar-refractivity contribution in [3.63, 3.8) is 0 Å². The van der Waals surface area contributed by atoms with E-state index in [0.717, 1.165) is 18.9 Å². The van der Waals surface area contributed by atoms with Gasteiger partial charge in [-0.25, -0.2) is 0 Å². The topological polar surface area (TPSA) is 21.3 Å². The third kappa shape index (κ3) is 1.66. The SMILES string of the molecule is Cc1ccc2c(c1)NCC1(CCCC1)CO2. The fourth-order valence-electron chi connectivity index (χ4n) is 2.92. The van der Waals surface area contributed by atoms with Gasteiger partial charge in [0.2, 0.25) is 0 Å². The first-order valence-corrected chi connectivity index (χ1v) is 6.25. The fourth-order valence-corrected chi connectivity index (χ4v) is 2.92. The van der Waals surface area contributed by atoms with E-state index in [1.54, 1.807) is 0 Å². The van der Waals surface area contributed by atoms with Crippen molar-refractivity contribution in [2.24, 2.45) is 5.41 Å². The van der Waals surface area contributed by atoms with Crippen LogP contribution < -0.4 is 10.1 Å². The van der Waals surface area contributed by atoms with Crippen molar-refractivity contribution < 1.29 is 4.74 Å². The molecule has 0 bridgehead atoms. The summed E-state index contributed by atoms with van der Waals surface area (Å²) in [5.74, 6) is 1.02. The van der Waals surface area contributed by atoms with Gasteiger partial charge in [-0.3, -0.25) is 0 Å². The molecule has 1 saturated carbocycles. The van der Waals surface area contributed by atoms with Crippen molar-refractivity contribution in [3.8, 4) is 5.75 Å². The molecule has 0 radical (unpaired) electrons.